The zero-order valence-electron chi connectivity index (χ0n) is 14.0. The molecule has 5 nitrogen and oxygen atoms in total. The van der Waals surface area contributed by atoms with Crippen molar-refractivity contribution in [1.82, 2.24) is 14.7 Å². The monoisotopic (exact) mass is 413 g/mol. The molecule has 2 fully saturated rings. The van der Waals surface area contributed by atoms with Gasteiger partial charge in [0, 0.05) is 38.8 Å². The number of rotatable bonds is 3. The van der Waals surface area contributed by atoms with E-state index in [2.05, 4.69) is 27.8 Å². The van der Waals surface area contributed by atoms with E-state index in [1.807, 2.05) is 21.9 Å². The Bertz CT molecular complexity index is 598. The third-order valence-corrected chi connectivity index (χ3v) is 6.54. The molecular formula is C17H24BrN3O2S. The van der Waals surface area contributed by atoms with Crippen LogP contribution in [0.15, 0.2) is 15.9 Å². The quantitative estimate of drug-likeness (QED) is 0.764. The summed E-state index contributed by atoms with van der Waals surface area (Å²) in [5.41, 5.74) is 0. The van der Waals surface area contributed by atoms with Crippen LogP contribution < -0.4 is 0 Å². The van der Waals surface area contributed by atoms with Gasteiger partial charge in [0.25, 0.3) is 5.91 Å². The summed E-state index contributed by atoms with van der Waals surface area (Å²) in [5.74, 6) is 0.338. The number of carbonyl (C=O) groups is 2. The summed E-state index contributed by atoms with van der Waals surface area (Å²) >= 11 is 4.87. The minimum Gasteiger partial charge on any atom is -0.339 e. The van der Waals surface area contributed by atoms with Gasteiger partial charge in [-0.3, -0.25) is 14.5 Å². The molecule has 2 aliphatic rings. The van der Waals surface area contributed by atoms with Gasteiger partial charge in [0.15, 0.2) is 0 Å². The number of likely N-dealkylation sites (tertiary alicyclic amines) is 1. The van der Waals surface area contributed by atoms with Crippen molar-refractivity contribution in [2.75, 3.05) is 39.3 Å². The summed E-state index contributed by atoms with van der Waals surface area (Å²) in [5, 5.41) is 0. The van der Waals surface area contributed by atoms with Crippen molar-refractivity contribution in [3.05, 3.63) is 20.8 Å². The van der Waals surface area contributed by atoms with Gasteiger partial charge < -0.3 is 9.80 Å². The number of carbonyl (C=O) groups excluding carboxylic acids is 2. The minimum absolute atomic E-state index is 0.0985. The van der Waals surface area contributed by atoms with E-state index in [9.17, 15) is 9.59 Å². The Labute approximate surface area is 155 Å². The van der Waals surface area contributed by atoms with Crippen LogP contribution in [0.2, 0.25) is 0 Å². The van der Waals surface area contributed by atoms with Crippen LogP contribution in [0.25, 0.3) is 0 Å². The molecule has 1 aromatic rings. The second-order valence-electron chi connectivity index (χ2n) is 6.60. The predicted molar refractivity (Wildman–Crippen MR) is 99.4 cm³/mol. The summed E-state index contributed by atoms with van der Waals surface area (Å²) in [6.07, 6.45) is 3.46. The first kappa shape index (κ1) is 17.9. The van der Waals surface area contributed by atoms with Gasteiger partial charge in [-0.05, 0) is 54.2 Å². The number of hydrogen-bond acceptors (Lipinski definition) is 4. The van der Waals surface area contributed by atoms with Crippen LogP contribution in [0.4, 0.5) is 0 Å². The maximum Gasteiger partial charge on any atom is 0.264 e. The largest absolute Gasteiger partial charge is 0.339 e. The Morgan fingerprint density at radius 3 is 2.54 bits per heavy atom. The first-order chi connectivity index (χ1) is 11.5. The second kappa shape index (κ2) is 7.97. The molecule has 0 aliphatic carbocycles. The Balaban J connectivity index is 1.48. The lowest BCUT2D eigenvalue weighted by Gasteiger charge is -2.38. The molecule has 0 aromatic carbocycles. The van der Waals surface area contributed by atoms with Crippen LogP contribution in [-0.4, -0.2) is 71.8 Å². The fourth-order valence-electron chi connectivity index (χ4n) is 3.44. The number of halogens is 1. The van der Waals surface area contributed by atoms with E-state index >= 15 is 0 Å². The number of piperidine rings is 1. The Morgan fingerprint density at radius 2 is 1.92 bits per heavy atom. The van der Waals surface area contributed by atoms with Crippen LogP contribution in [0, 0.1) is 0 Å². The molecule has 2 amide bonds. The van der Waals surface area contributed by atoms with E-state index in [0.29, 0.717) is 25.7 Å². The maximum atomic E-state index is 12.5. The van der Waals surface area contributed by atoms with Crippen LogP contribution in [-0.2, 0) is 4.79 Å². The molecular weight excluding hydrogens is 390 g/mol. The highest BCUT2D eigenvalue weighted by Crippen LogP contribution is 2.24. The second-order valence-corrected chi connectivity index (χ2v) is 9.07. The molecule has 0 saturated carbocycles. The molecule has 7 heteroatoms. The molecule has 3 rings (SSSR count). The van der Waals surface area contributed by atoms with Crippen molar-refractivity contribution in [3.63, 3.8) is 0 Å². The summed E-state index contributed by atoms with van der Waals surface area (Å²) < 4.78 is 0.978. The Hall–Kier alpha value is -0.920. The highest BCUT2D eigenvalue weighted by atomic mass is 79.9. The number of hydrogen-bond donors (Lipinski definition) is 0. The van der Waals surface area contributed by atoms with Gasteiger partial charge >= 0.3 is 0 Å². The normalized spacial score (nSPS) is 22.7. The van der Waals surface area contributed by atoms with Crippen molar-refractivity contribution in [3.8, 4) is 0 Å². The summed E-state index contributed by atoms with van der Waals surface area (Å²) in [6.45, 7) is 6.45. The lowest BCUT2D eigenvalue weighted by Crippen LogP contribution is -2.53. The third kappa shape index (κ3) is 4.18. The molecule has 0 spiro atoms. The summed E-state index contributed by atoms with van der Waals surface area (Å²) in [4.78, 5) is 31.8. The molecule has 3 heterocycles. The number of thiophene rings is 1. The molecule has 1 atom stereocenters. The number of amides is 2. The Kier molecular flexibility index (Phi) is 5.94. The first-order valence-corrected chi connectivity index (χ1v) is 10.2. The van der Waals surface area contributed by atoms with E-state index in [1.54, 1.807) is 0 Å². The molecule has 0 unspecified atom stereocenters. The zero-order chi connectivity index (χ0) is 17.1. The highest BCUT2D eigenvalue weighted by Gasteiger charge is 2.27. The fourth-order valence-corrected chi connectivity index (χ4v) is 4.80. The third-order valence-electron chi connectivity index (χ3n) is 4.93. The van der Waals surface area contributed by atoms with Crippen molar-refractivity contribution in [2.45, 2.75) is 32.2 Å². The average molecular weight is 414 g/mol. The van der Waals surface area contributed by atoms with E-state index in [1.165, 1.54) is 17.8 Å². The topological polar surface area (TPSA) is 43.9 Å². The number of nitrogens with zero attached hydrogens (tertiary/aromatic N) is 3. The SMILES string of the molecule is C[C@H]1CCCCN1C(=O)CN1CCN(C(=O)c2ccc(Br)s2)CC1. The lowest BCUT2D eigenvalue weighted by atomic mass is 10.0. The molecule has 0 radical (unpaired) electrons. The predicted octanol–water partition coefficient (Wildman–Crippen LogP) is 2.67. The van der Waals surface area contributed by atoms with Crippen molar-refractivity contribution < 1.29 is 9.59 Å². The zero-order valence-corrected chi connectivity index (χ0v) is 16.4. The molecule has 2 aliphatic heterocycles. The summed E-state index contributed by atoms with van der Waals surface area (Å²) in [6, 6.07) is 4.14. The van der Waals surface area contributed by atoms with Crippen molar-refractivity contribution >= 4 is 39.1 Å². The smallest absolute Gasteiger partial charge is 0.264 e. The van der Waals surface area contributed by atoms with Gasteiger partial charge in [0.05, 0.1) is 15.2 Å². The van der Waals surface area contributed by atoms with Gasteiger partial charge in [-0.2, -0.15) is 0 Å². The van der Waals surface area contributed by atoms with Crippen LogP contribution >= 0.6 is 27.3 Å². The van der Waals surface area contributed by atoms with E-state index in [-0.39, 0.29) is 11.8 Å². The van der Waals surface area contributed by atoms with Crippen molar-refractivity contribution in [1.29, 1.82) is 0 Å². The summed E-state index contributed by atoms with van der Waals surface area (Å²) in [7, 11) is 0. The van der Waals surface area contributed by atoms with Gasteiger partial charge in [-0.15, -0.1) is 11.3 Å². The average Bonchev–Trinajstić information content (AvgIpc) is 3.02. The Morgan fingerprint density at radius 1 is 1.17 bits per heavy atom. The van der Waals surface area contributed by atoms with Gasteiger partial charge in [-0.25, -0.2) is 0 Å². The molecule has 0 bridgehead atoms. The van der Waals surface area contributed by atoms with Crippen LogP contribution in [0.3, 0.4) is 0 Å². The van der Waals surface area contributed by atoms with Crippen LogP contribution in [0.5, 0.6) is 0 Å². The molecule has 2 saturated heterocycles. The standard InChI is InChI=1S/C17H24BrN3O2S/c1-13-4-2-3-7-21(13)16(22)12-19-8-10-20(11-9-19)17(23)14-5-6-15(18)24-14/h5-6,13H,2-4,7-12H2,1H3/t13-/m0/s1. The highest BCUT2D eigenvalue weighted by molar-refractivity contribution is 9.11. The molecule has 24 heavy (non-hydrogen) atoms. The van der Waals surface area contributed by atoms with E-state index < -0.39 is 0 Å². The van der Waals surface area contributed by atoms with Gasteiger partial charge in [0.2, 0.25) is 5.91 Å². The lowest BCUT2D eigenvalue weighted by molar-refractivity contribution is -0.136. The first-order valence-electron chi connectivity index (χ1n) is 8.61. The molecule has 1 aromatic heterocycles. The molecule has 0 N–H and O–H groups in total. The van der Waals surface area contributed by atoms with Crippen LogP contribution in [0.1, 0.15) is 35.9 Å². The van der Waals surface area contributed by atoms with E-state index in [0.717, 1.165) is 41.1 Å². The maximum absolute atomic E-state index is 12.5. The van der Waals surface area contributed by atoms with Gasteiger partial charge in [0.1, 0.15) is 0 Å². The minimum atomic E-state index is 0.0985. The van der Waals surface area contributed by atoms with Gasteiger partial charge in [-0.1, -0.05) is 0 Å². The molecule has 132 valence electrons. The fraction of sp³-hybridized carbons (Fsp3) is 0.647. The van der Waals surface area contributed by atoms with Crippen molar-refractivity contribution in [2.24, 2.45) is 0 Å². The number of piperazine rings is 1. The van der Waals surface area contributed by atoms with E-state index in [4.69, 9.17) is 0 Å².